The van der Waals surface area contributed by atoms with E-state index in [2.05, 4.69) is 14.7 Å². The van der Waals surface area contributed by atoms with Crippen molar-refractivity contribution in [3.8, 4) is 0 Å². The molecule has 0 aromatic carbocycles. The van der Waals surface area contributed by atoms with Crippen molar-refractivity contribution in [2.75, 3.05) is 0 Å². The molecule has 50 valence electrons. The van der Waals surface area contributed by atoms with E-state index < -0.39 is 0 Å². The van der Waals surface area contributed by atoms with E-state index in [9.17, 15) is 0 Å². The number of rotatable bonds is 1. The van der Waals surface area contributed by atoms with Crippen LogP contribution in [0, 0.1) is 5.41 Å². The Labute approximate surface area is 56.3 Å². The lowest BCUT2D eigenvalue weighted by molar-refractivity contribution is 0.427. The number of H-pyrrole nitrogens is 1. The predicted molar refractivity (Wildman–Crippen MR) is 36.2 cm³/mol. The average Bonchev–Trinajstić information content (AvgIpc) is 2.44. The van der Waals surface area contributed by atoms with Gasteiger partial charge in [0.2, 0.25) is 0 Å². The van der Waals surface area contributed by atoms with Crippen molar-refractivity contribution in [3.05, 3.63) is 18.0 Å². The molecule has 0 unspecified atom stereocenters. The van der Waals surface area contributed by atoms with Crippen LogP contribution in [0.1, 0.15) is 5.56 Å². The molecule has 0 aliphatic carbocycles. The molecule has 0 radical (unpaired) electrons. The van der Waals surface area contributed by atoms with Crippen molar-refractivity contribution in [2.45, 2.75) is 0 Å². The van der Waals surface area contributed by atoms with Gasteiger partial charge in [0.05, 0.1) is 0 Å². The van der Waals surface area contributed by atoms with Crippen molar-refractivity contribution >= 4 is 17.2 Å². The van der Waals surface area contributed by atoms with E-state index in [1.165, 1.54) is 12.5 Å². The molecule has 4 nitrogen and oxygen atoms in total. The molecule has 2 N–H and O–H groups in total. The first-order valence-corrected chi connectivity index (χ1v) is 2.84. The fourth-order valence-corrected chi connectivity index (χ4v) is 0.881. The monoisotopic (exact) mass is 135 g/mol. The van der Waals surface area contributed by atoms with E-state index in [0.717, 1.165) is 16.6 Å². The van der Waals surface area contributed by atoms with Gasteiger partial charge in [-0.05, 0) is 0 Å². The largest absolute Gasteiger partial charge is 0.362 e. The van der Waals surface area contributed by atoms with Crippen molar-refractivity contribution in [1.29, 1.82) is 5.41 Å². The van der Waals surface area contributed by atoms with Gasteiger partial charge in [-0.3, -0.25) is 0 Å². The molecule has 2 aromatic heterocycles. The Balaban J connectivity index is 2.88. The molecule has 2 rings (SSSR count). The summed E-state index contributed by atoms with van der Waals surface area (Å²) in [5.74, 6) is 0. The van der Waals surface area contributed by atoms with E-state index >= 15 is 0 Å². The number of fused-ring (bicyclic) bond motifs is 1. The van der Waals surface area contributed by atoms with Crippen molar-refractivity contribution in [1.82, 2.24) is 10.1 Å². The molecule has 0 aliphatic heterocycles. The predicted octanol–water partition coefficient (Wildman–Crippen LogP) is 1.15. The molecule has 0 saturated carbocycles. The van der Waals surface area contributed by atoms with Crippen molar-refractivity contribution < 1.29 is 4.52 Å². The lowest BCUT2D eigenvalue weighted by Gasteiger charge is -1.74. The van der Waals surface area contributed by atoms with Gasteiger partial charge in [0.15, 0.2) is 0 Å². The summed E-state index contributed by atoms with van der Waals surface area (Å²) in [7, 11) is 0. The van der Waals surface area contributed by atoms with Crippen LogP contribution in [-0.4, -0.2) is 16.4 Å². The maximum Gasteiger partial charge on any atom is 0.147 e. The summed E-state index contributed by atoms with van der Waals surface area (Å²) < 4.78 is 4.66. The second-order valence-electron chi connectivity index (χ2n) is 1.97. The number of aromatic amines is 1. The maximum absolute atomic E-state index is 6.95. The number of nitrogens with zero attached hydrogens (tertiary/aromatic N) is 1. The fourth-order valence-electron chi connectivity index (χ4n) is 0.881. The highest BCUT2D eigenvalue weighted by Crippen LogP contribution is 2.12. The quantitative estimate of drug-likeness (QED) is 0.576. The summed E-state index contributed by atoms with van der Waals surface area (Å²) in [5, 5.41) is 10.6. The molecule has 4 heteroatoms. The van der Waals surface area contributed by atoms with E-state index in [1.807, 2.05) is 0 Å². The topological polar surface area (TPSA) is 65.7 Å². The van der Waals surface area contributed by atoms with Crippen LogP contribution < -0.4 is 0 Å². The first-order chi connectivity index (χ1) is 4.92. The zero-order chi connectivity index (χ0) is 6.97. The van der Waals surface area contributed by atoms with Crippen LogP contribution >= 0.6 is 0 Å². The molecule has 0 aliphatic rings. The minimum atomic E-state index is 0.718. The third-order valence-electron chi connectivity index (χ3n) is 1.38. The van der Waals surface area contributed by atoms with E-state index in [0.29, 0.717) is 0 Å². The Kier molecular flexibility index (Phi) is 0.887. The van der Waals surface area contributed by atoms with Crippen LogP contribution in [0.2, 0.25) is 0 Å². The van der Waals surface area contributed by atoms with E-state index in [-0.39, 0.29) is 0 Å². The summed E-state index contributed by atoms with van der Waals surface area (Å²) in [4.78, 5) is 2.91. The Bertz CT molecular complexity index is 360. The molecular formula is C6H5N3O. The maximum atomic E-state index is 6.95. The third-order valence-corrected chi connectivity index (χ3v) is 1.38. The normalized spacial score (nSPS) is 10.4. The molecule has 0 fully saturated rings. The molecule has 2 aromatic rings. The number of nitrogens with one attached hydrogen (secondary N) is 2. The van der Waals surface area contributed by atoms with Gasteiger partial charge in [-0.25, -0.2) is 0 Å². The number of hydrogen-bond acceptors (Lipinski definition) is 3. The molecule has 2 heterocycles. The summed E-state index contributed by atoms with van der Waals surface area (Å²) in [6.07, 6.45) is 4.48. The summed E-state index contributed by atoms with van der Waals surface area (Å²) in [5.41, 5.74) is 2.30. The third kappa shape index (κ3) is 0.500. The van der Waals surface area contributed by atoms with Crippen LogP contribution in [0.4, 0.5) is 0 Å². The van der Waals surface area contributed by atoms with Crippen molar-refractivity contribution in [3.63, 3.8) is 0 Å². The fraction of sp³-hybridized carbons (Fsp3) is 0. The van der Waals surface area contributed by atoms with Gasteiger partial charge in [0.1, 0.15) is 17.3 Å². The molecule has 0 saturated heterocycles. The Morgan fingerprint density at radius 2 is 2.60 bits per heavy atom. The highest BCUT2D eigenvalue weighted by atomic mass is 16.5. The molecule has 0 amide bonds. The van der Waals surface area contributed by atoms with Crippen LogP contribution in [0.3, 0.4) is 0 Å². The standard InChI is InChI=1S/C6H5N3O/c7-1-4-2-8-5-3-10-9-6(4)5/h1-3,7-8H. The van der Waals surface area contributed by atoms with Crippen LogP contribution in [0.25, 0.3) is 11.0 Å². The van der Waals surface area contributed by atoms with Gasteiger partial charge < -0.3 is 14.9 Å². The summed E-state index contributed by atoms with van der Waals surface area (Å²) >= 11 is 0. The first-order valence-electron chi connectivity index (χ1n) is 2.84. The second-order valence-corrected chi connectivity index (χ2v) is 1.97. The summed E-state index contributed by atoms with van der Waals surface area (Å²) in [6.45, 7) is 0. The Morgan fingerprint density at radius 3 is 3.40 bits per heavy atom. The van der Waals surface area contributed by atoms with Crippen molar-refractivity contribution in [2.24, 2.45) is 0 Å². The summed E-state index contributed by atoms with van der Waals surface area (Å²) in [6, 6.07) is 0. The lowest BCUT2D eigenvalue weighted by atomic mass is 10.3. The smallest absolute Gasteiger partial charge is 0.147 e. The van der Waals surface area contributed by atoms with Gasteiger partial charge >= 0.3 is 0 Å². The minimum Gasteiger partial charge on any atom is -0.362 e. The van der Waals surface area contributed by atoms with E-state index in [1.54, 1.807) is 6.20 Å². The lowest BCUT2D eigenvalue weighted by Crippen LogP contribution is -1.72. The van der Waals surface area contributed by atoms with Crippen LogP contribution in [0.5, 0.6) is 0 Å². The molecule has 0 atom stereocenters. The first kappa shape index (κ1) is 5.22. The zero-order valence-corrected chi connectivity index (χ0v) is 5.09. The second kappa shape index (κ2) is 1.70. The van der Waals surface area contributed by atoms with Gasteiger partial charge in [0, 0.05) is 18.0 Å². The van der Waals surface area contributed by atoms with Gasteiger partial charge in [0.25, 0.3) is 0 Å². The number of hydrogen-bond donors (Lipinski definition) is 2. The zero-order valence-electron chi connectivity index (χ0n) is 5.09. The molecule has 10 heavy (non-hydrogen) atoms. The van der Waals surface area contributed by atoms with Gasteiger partial charge in [-0.15, -0.1) is 0 Å². The molecular weight excluding hydrogens is 130 g/mol. The molecule has 0 bridgehead atoms. The number of aromatic nitrogens is 2. The average molecular weight is 135 g/mol. The Morgan fingerprint density at radius 1 is 1.70 bits per heavy atom. The van der Waals surface area contributed by atoms with Crippen LogP contribution in [-0.2, 0) is 0 Å². The van der Waals surface area contributed by atoms with E-state index in [4.69, 9.17) is 5.41 Å². The van der Waals surface area contributed by atoms with Gasteiger partial charge in [-0.2, -0.15) is 0 Å². The molecule has 0 spiro atoms. The minimum absolute atomic E-state index is 0.718. The van der Waals surface area contributed by atoms with Crippen LogP contribution in [0.15, 0.2) is 17.0 Å². The Hall–Kier alpha value is -1.58. The highest BCUT2D eigenvalue weighted by Gasteiger charge is 2.02. The van der Waals surface area contributed by atoms with Gasteiger partial charge in [-0.1, -0.05) is 5.16 Å². The SMILES string of the molecule is N=Cc1c[nH]c2conc12. The highest BCUT2D eigenvalue weighted by molar-refractivity contribution is 5.94.